The van der Waals surface area contributed by atoms with Crippen LogP contribution in [-0.4, -0.2) is 11.8 Å². The van der Waals surface area contributed by atoms with E-state index in [-0.39, 0.29) is 0 Å². The van der Waals surface area contributed by atoms with Crippen molar-refractivity contribution in [1.82, 2.24) is 0 Å². The van der Waals surface area contributed by atoms with Crippen molar-refractivity contribution in [3.8, 4) is 12.3 Å². The molecule has 10 heavy (non-hydrogen) atoms. The van der Waals surface area contributed by atoms with E-state index < -0.39 is 24.2 Å². The van der Waals surface area contributed by atoms with Gasteiger partial charge in [0.2, 0.25) is 0 Å². The molecule has 0 N–H and O–H groups in total. The summed E-state index contributed by atoms with van der Waals surface area (Å²) in [5.41, 5.74) is 0. The van der Waals surface area contributed by atoms with Crippen LogP contribution in [0.4, 0.5) is 17.6 Å². The quantitative estimate of drug-likeness (QED) is 0.367. The van der Waals surface area contributed by atoms with Crippen molar-refractivity contribution in [3.63, 3.8) is 0 Å². The van der Waals surface area contributed by atoms with E-state index in [1.807, 2.05) is 0 Å². The summed E-state index contributed by atoms with van der Waals surface area (Å²) in [6.07, 6.45) is 3.67. The SMILES string of the molecule is C#CC1CC(F)(F)C1(F)F. The number of alkyl halides is 4. The molecule has 0 saturated heterocycles. The van der Waals surface area contributed by atoms with Crippen LogP contribution in [0.1, 0.15) is 6.42 Å². The van der Waals surface area contributed by atoms with E-state index in [1.165, 1.54) is 0 Å². The number of halogens is 4. The highest BCUT2D eigenvalue weighted by Gasteiger charge is 2.71. The molecule has 0 radical (unpaired) electrons. The largest absolute Gasteiger partial charge is 0.323 e. The van der Waals surface area contributed by atoms with Gasteiger partial charge in [0, 0.05) is 6.42 Å². The van der Waals surface area contributed by atoms with Crippen LogP contribution in [0.25, 0.3) is 0 Å². The monoisotopic (exact) mass is 152 g/mol. The van der Waals surface area contributed by atoms with E-state index in [0.29, 0.717) is 0 Å². The molecule has 1 unspecified atom stereocenters. The lowest BCUT2D eigenvalue weighted by Crippen LogP contribution is -2.58. The first kappa shape index (κ1) is 7.39. The first-order valence-corrected chi connectivity index (χ1v) is 2.63. The molecule has 0 amide bonds. The molecule has 1 fully saturated rings. The second-order valence-electron chi connectivity index (χ2n) is 2.25. The molecule has 4 heteroatoms. The maximum atomic E-state index is 12.1. The zero-order chi connectivity index (χ0) is 7.99. The normalized spacial score (nSPS) is 34.1. The van der Waals surface area contributed by atoms with Crippen LogP contribution in [0.2, 0.25) is 0 Å². The zero-order valence-corrected chi connectivity index (χ0v) is 4.87. The van der Waals surface area contributed by atoms with Crippen molar-refractivity contribution < 1.29 is 17.6 Å². The van der Waals surface area contributed by atoms with Crippen LogP contribution in [0.3, 0.4) is 0 Å². The maximum Gasteiger partial charge on any atom is 0.323 e. The number of rotatable bonds is 0. The molecule has 1 rings (SSSR count). The summed E-state index contributed by atoms with van der Waals surface area (Å²) in [6.45, 7) is 0. The number of hydrogen-bond donors (Lipinski definition) is 0. The molecule has 0 heterocycles. The minimum absolute atomic E-state index is 0.892. The Morgan fingerprint density at radius 2 is 1.80 bits per heavy atom. The summed E-state index contributed by atoms with van der Waals surface area (Å²) >= 11 is 0. The van der Waals surface area contributed by atoms with E-state index in [4.69, 9.17) is 0 Å². The van der Waals surface area contributed by atoms with E-state index in [9.17, 15) is 17.6 Å². The van der Waals surface area contributed by atoms with E-state index in [0.717, 1.165) is 0 Å². The molecular formula is C6H4F4. The zero-order valence-electron chi connectivity index (χ0n) is 4.87. The molecule has 1 aliphatic rings. The Kier molecular flexibility index (Phi) is 1.22. The summed E-state index contributed by atoms with van der Waals surface area (Å²) < 4.78 is 48.0. The fraction of sp³-hybridized carbons (Fsp3) is 0.667. The maximum absolute atomic E-state index is 12.1. The first-order valence-electron chi connectivity index (χ1n) is 2.63. The fourth-order valence-corrected chi connectivity index (χ4v) is 0.808. The van der Waals surface area contributed by atoms with Crippen molar-refractivity contribution in [2.24, 2.45) is 5.92 Å². The predicted molar refractivity (Wildman–Crippen MR) is 26.8 cm³/mol. The standard InChI is InChI=1S/C6H4F4/c1-2-4-3-5(7,8)6(4,9)10/h1,4H,3H2. The highest BCUT2D eigenvalue weighted by atomic mass is 19.3. The van der Waals surface area contributed by atoms with Crippen LogP contribution >= 0.6 is 0 Å². The lowest BCUT2D eigenvalue weighted by molar-refractivity contribution is -0.299. The number of terminal acetylenes is 1. The number of hydrogen-bond acceptors (Lipinski definition) is 0. The van der Waals surface area contributed by atoms with Gasteiger partial charge >= 0.3 is 11.8 Å². The third kappa shape index (κ3) is 0.634. The molecule has 0 nitrogen and oxygen atoms in total. The molecule has 0 aromatic carbocycles. The van der Waals surface area contributed by atoms with Crippen LogP contribution in [0.5, 0.6) is 0 Å². The van der Waals surface area contributed by atoms with Crippen molar-refractivity contribution in [3.05, 3.63) is 0 Å². The molecule has 0 aromatic rings. The van der Waals surface area contributed by atoms with Gasteiger partial charge < -0.3 is 0 Å². The molecule has 1 saturated carbocycles. The van der Waals surface area contributed by atoms with E-state index in [2.05, 4.69) is 6.42 Å². The third-order valence-electron chi connectivity index (χ3n) is 1.59. The van der Waals surface area contributed by atoms with Crippen molar-refractivity contribution in [2.45, 2.75) is 18.3 Å². The third-order valence-corrected chi connectivity index (χ3v) is 1.59. The average molecular weight is 152 g/mol. The van der Waals surface area contributed by atoms with Crippen molar-refractivity contribution in [1.29, 1.82) is 0 Å². The fourth-order valence-electron chi connectivity index (χ4n) is 0.808. The Balaban J connectivity index is 2.77. The Hall–Kier alpha value is -0.720. The van der Waals surface area contributed by atoms with Gasteiger partial charge in [0.25, 0.3) is 0 Å². The molecule has 1 aliphatic carbocycles. The Labute approximate surface area is 55.2 Å². The van der Waals surface area contributed by atoms with Crippen LogP contribution in [0, 0.1) is 18.3 Å². The van der Waals surface area contributed by atoms with E-state index >= 15 is 0 Å². The average Bonchev–Trinajstić information content (AvgIpc) is 1.83. The Morgan fingerprint density at radius 1 is 1.30 bits per heavy atom. The van der Waals surface area contributed by atoms with E-state index in [1.54, 1.807) is 5.92 Å². The topological polar surface area (TPSA) is 0 Å². The van der Waals surface area contributed by atoms with Crippen LogP contribution in [0.15, 0.2) is 0 Å². The van der Waals surface area contributed by atoms with Gasteiger partial charge in [-0.15, -0.1) is 6.42 Å². The molecule has 56 valence electrons. The minimum Gasteiger partial charge on any atom is -0.200 e. The minimum atomic E-state index is -3.98. The highest BCUT2D eigenvalue weighted by molar-refractivity contribution is 5.15. The van der Waals surface area contributed by atoms with Crippen molar-refractivity contribution >= 4 is 0 Å². The summed E-state index contributed by atoms with van der Waals surface area (Å²) in [6, 6.07) is 0. The first-order chi connectivity index (χ1) is 4.42. The summed E-state index contributed by atoms with van der Waals surface area (Å²) in [5, 5.41) is 0. The molecule has 0 spiro atoms. The van der Waals surface area contributed by atoms with Gasteiger partial charge in [-0.25, -0.2) is 0 Å². The van der Waals surface area contributed by atoms with Gasteiger partial charge in [-0.05, 0) is 0 Å². The van der Waals surface area contributed by atoms with Gasteiger partial charge in [-0.3, -0.25) is 0 Å². The lowest BCUT2D eigenvalue weighted by Gasteiger charge is -2.40. The molecular weight excluding hydrogens is 148 g/mol. The van der Waals surface area contributed by atoms with Crippen LogP contribution < -0.4 is 0 Å². The van der Waals surface area contributed by atoms with Gasteiger partial charge in [-0.2, -0.15) is 17.6 Å². The van der Waals surface area contributed by atoms with Gasteiger partial charge in [0.15, 0.2) is 0 Å². The van der Waals surface area contributed by atoms with Gasteiger partial charge in [0.05, 0.1) is 5.92 Å². The van der Waals surface area contributed by atoms with Crippen molar-refractivity contribution in [2.75, 3.05) is 0 Å². The smallest absolute Gasteiger partial charge is 0.200 e. The molecule has 0 bridgehead atoms. The molecule has 1 atom stereocenters. The highest BCUT2D eigenvalue weighted by Crippen LogP contribution is 2.54. The summed E-state index contributed by atoms with van der Waals surface area (Å²) in [4.78, 5) is 0. The Morgan fingerprint density at radius 3 is 1.90 bits per heavy atom. The molecule has 0 aliphatic heterocycles. The second kappa shape index (κ2) is 1.66. The molecule has 0 aromatic heterocycles. The van der Waals surface area contributed by atoms with Gasteiger partial charge in [0.1, 0.15) is 0 Å². The van der Waals surface area contributed by atoms with Gasteiger partial charge in [-0.1, -0.05) is 5.92 Å². The lowest BCUT2D eigenvalue weighted by atomic mass is 9.77. The predicted octanol–water partition coefficient (Wildman–Crippen LogP) is 1.91. The second-order valence-corrected chi connectivity index (χ2v) is 2.25. The summed E-state index contributed by atoms with van der Waals surface area (Å²) in [5.74, 6) is -7.83. The summed E-state index contributed by atoms with van der Waals surface area (Å²) in [7, 11) is 0. The van der Waals surface area contributed by atoms with Crippen LogP contribution in [-0.2, 0) is 0 Å². The Bertz CT molecular complexity index is 188.